The van der Waals surface area contributed by atoms with Crippen LogP contribution in [0.2, 0.25) is 0 Å². The summed E-state index contributed by atoms with van der Waals surface area (Å²) >= 11 is 0. The summed E-state index contributed by atoms with van der Waals surface area (Å²) < 4.78 is 27.2. The maximum Gasteiger partial charge on any atom is 0.240 e. The molecule has 0 saturated carbocycles. The van der Waals surface area contributed by atoms with Crippen LogP contribution in [0.4, 0.5) is 0 Å². The molecule has 1 N–H and O–H groups in total. The summed E-state index contributed by atoms with van der Waals surface area (Å²) in [6.45, 7) is 8.35. The Balaban J connectivity index is 2.59. The van der Waals surface area contributed by atoms with Gasteiger partial charge in [-0.3, -0.25) is 0 Å². The second-order valence-corrected chi connectivity index (χ2v) is 7.56. The Labute approximate surface area is 123 Å². The molecule has 0 saturated heterocycles. The van der Waals surface area contributed by atoms with Crippen LogP contribution in [0.25, 0.3) is 0 Å². The minimum atomic E-state index is -3.39. The van der Waals surface area contributed by atoms with Gasteiger partial charge in [-0.25, -0.2) is 13.1 Å². The van der Waals surface area contributed by atoms with Gasteiger partial charge in [0.25, 0.3) is 0 Å². The van der Waals surface area contributed by atoms with E-state index in [0.717, 1.165) is 31.2 Å². The Hall–Kier alpha value is -0.870. The van der Waals surface area contributed by atoms with Crippen molar-refractivity contribution in [2.75, 3.05) is 0 Å². The third-order valence-corrected chi connectivity index (χ3v) is 5.02. The van der Waals surface area contributed by atoms with Crippen LogP contribution >= 0.6 is 0 Å². The topological polar surface area (TPSA) is 46.2 Å². The molecule has 0 aliphatic heterocycles. The monoisotopic (exact) mass is 297 g/mol. The molecule has 0 fully saturated rings. The number of aryl methyl sites for hydroxylation is 1. The predicted octanol–water partition coefficient (Wildman–Crippen LogP) is 3.74. The minimum Gasteiger partial charge on any atom is -0.208 e. The first-order valence-electron chi connectivity index (χ1n) is 7.46. The zero-order valence-corrected chi connectivity index (χ0v) is 13.8. The SMILES string of the molecule is CCc1ccc(S(=O)(=O)NC(C)CCCC(C)C)cc1. The Morgan fingerprint density at radius 3 is 2.15 bits per heavy atom. The molecule has 0 radical (unpaired) electrons. The summed E-state index contributed by atoms with van der Waals surface area (Å²) in [6, 6.07) is 7.09. The van der Waals surface area contributed by atoms with Crippen LogP contribution in [0.5, 0.6) is 0 Å². The van der Waals surface area contributed by atoms with Crippen molar-refractivity contribution < 1.29 is 8.42 Å². The lowest BCUT2D eigenvalue weighted by atomic mass is 10.0. The van der Waals surface area contributed by atoms with Crippen LogP contribution < -0.4 is 4.72 Å². The van der Waals surface area contributed by atoms with Gasteiger partial charge < -0.3 is 0 Å². The van der Waals surface area contributed by atoms with Crippen LogP contribution in [0.15, 0.2) is 29.2 Å². The zero-order valence-electron chi connectivity index (χ0n) is 13.0. The van der Waals surface area contributed by atoms with Crippen LogP contribution in [-0.2, 0) is 16.4 Å². The fourth-order valence-electron chi connectivity index (χ4n) is 2.13. The van der Waals surface area contributed by atoms with Crippen LogP contribution in [0.1, 0.15) is 52.5 Å². The molecule has 1 unspecified atom stereocenters. The molecule has 1 aromatic carbocycles. The van der Waals surface area contributed by atoms with Gasteiger partial charge in [0.05, 0.1) is 4.90 Å². The molecular formula is C16H27NO2S. The third-order valence-electron chi connectivity index (χ3n) is 3.42. The van der Waals surface area contributed by atoms with Gasteiger partial charge in [-0.2, -0.15) is 0 Å². The van der Waals surface area contributed by atoms with Crippen LogP contribution in [-0.4, -0.2) is 14.5 Å². The van der Waals surface area contributed by atoms with Gasteiger partial charge in [0.15, 0.2) is 0 Å². The molecule has 1 rings (SSSR count). The van der Waals surface area contributed by atoms with Crippen molar-refractivity contribution in [2.24, 2.45) is 5.92 Å². The van der Waals surface area contributed by atoms with E-state index in [4.69, 9.17) is 0 Å². The lowest BCUT2D eigenvalue weighted by Gasteiger charge is -2.15. The van der Waals surface area contributed by atoms with Crippen molar-refractivity contribution in [1.82, 2.24) is 4.72 Å². The maximum absolute atomic E-state index is 12.2. The second-order valence-electron chi connectivity index (χ2n) is 5.84. The first-order valence-corrected chi connectivity index (χ1v) is 8.94. The second kappa shape index (κ2) is 7.79. The van der Waals surface area contributed by atoms with Crippen molar-refractivity contribution in [3.8, 4) is 0 Å². The maximum atomic E-state index is 12.2. The highest BCUT2D eigenvalue weighted by Gasteiger charge is 2.16. The van der Waals surface area contributed by atoms with E-state index in [-0.39, 0.29) is 6.04 Å². The summed E-state index contributed by atoms with van der Waals surface area (Å²) in [7, 11) is -3.39. The molecule has 0 aliphatic carbocycles. The molecule has 0 amide bonds. The molecule has 0 bridgehead atoms. The molecule has 114 valence electrons. The largest absolute Gasteiger partial charge is 0.240 e. The van der Waals surface area contributed by atoms with Gasteiger partial charge in [-0.05, 0) is 43.4 Å². The molecule has 20 heavy (non-hydrogen) atoms. The number of sulfonamides is 1. The molecule has 0 spiro atoms. The van der Waals surface area contributed by atoms with E-state index in [1.165, 1.54) is 0 Å². The summed E-state index contributed by atoms with van der Waals surface area (Å²) in [5.41, 5.74) is 1.15. The summed E-state index contributed by atoms with van der Waals surface area (Å²) in [5.74, 6) is 0.667. The number of nitrogens with one attached hydrogen (secondary N) is 1. The molecule has 0 heterocycles. The van der Waals surface area contributed by atoms with Crippen molar-refractivity contribution >= 4 is 10.0 Å². The summed E-state index contributed by atoms with van der Waals surface area (Å²) in [5, 5.41) is 0. The Bertz CT molecular complexity index is 492. The predicted molar refractivity (Wildman–Crippen MR) is 84.3 cm³/mol. The fourth-order valence-corrected chi connectivity index (χ4v) is 3.41. The highest BCUT2D eigenvalue weighted by atomic mass is 32.2. The standard InChI is InChI=1S/C16H27NO2S/c1-5-15-9-11-16(12-10-15)20(18,19)17-14(4)8-6-7-13(2)3/h9-14,17H,5-8H2,1-4H3. The smallest absolute Gasteiger partial charge is 0.208 e. The van der Waals surface area contributed by atoms with Crippen LogP contribution in [0.3, 0.4) is 0 Å². The Kier molecular flexibility index (Phi) is 6.69. The van der Waals surface area contributed by atoms with E-state index in [1.54, 1.807) is 12.1 Å². The summed E-state index contributed by atoms with van der Waals surface area (Å²) in [6.07, 6.45) is 3.98. The van der Waals surface area contributed by atoms with Crippen molar-refractivity contribution in [3.05, 3.63) is 29.8 Å². The first-order chi connectivity index (χ1) is 9.35. The van der Waals surface area contributed by atoms with Gasteiger partial charge in [0, 0.05) is 6.04 Å². The fraction of sp³-hybridized carbons (Fsp3) is 0.625. The minimum absolute atomic E-state index is 0.0235. The molecule has 3 nitrogen and oxygen atoms in total. The molecule has 0 aromatic heterocycles. The van der Waals surface area contributed by atoms with Gasteiger partial charge in [-0.1, -0.05) is 45.7 Å². The third kappa shape index (κ3) is 5.63. The highest BCUT2D eigenvalue weighted by Crippen LogP contribution is 2.13. The van der Waals surface area contributed by atoms with Crippen molar-refractivity contribution in [2.45, 2.75) is 64.3 Å². The Morgan fingerprint density at radius 1 is 1.05 bits per heavy atom. The van der Waals surface area contributed by atoms with E-state index in [9.17, 15) is 8.42 Å². The normalized spacial score (nSPS) is 13.7. The molecule has 0 aliphatic rings. The first kappa shape index (κ1) is 17.2. The lowest BCUT2D eigenvalue weighted by molar-refractivity contribution is 0.488. The van der Waals surface area contributed by atoms with Crippen molar-refractivity contribution in [1.29, 1.82) is 0 Å². The molecular weight excluding hydrogens is 270 g/mol. The number of benzene rings is 1. The average Bonchev–Trinajstić information content (AvgIpc) is 2.37. The van der Waals surface area contributed by atoms with Gasteiger partial charge in [0.1, 0.15) is 0 Å². The zero-order chi connectivity index (χ0) is 15.2. The van der Waals surface area contributed by atoms with E-state index >= 15 is 0 Å². The molecule has 4 heteroatoms. The molecule has 1 atom stereocenters. The van der Waals surface area contributed by atoms with Gasteiger partial charge >= 0.3 is 0 Å². The highest BCUT2D eigenvalue weighted by molar-refractivity contribution is 7.89. The van der Waals surface area contributed by atoms with E-state index < -0.39 is 10.0 Å². The average molecular weight is 297 g/mol. The molecule has 1 aromatic rings. The van der Waals surface area contributed by atoms with E-state index in [2.05, 4.69) is 25.5 Å². The lowest BCUT2D eigenvalue weighted by Crippen LogP contribution is -2.32. The van der Waals surface area contributed by atoms with Crippen molar-refractivity contribution in [3.63, 3.8) is 0 Å². The number of hydrogen-bond acceptors (Lipinski definition) is 2. The Morgan fingerprint density at radius 2 is 1.65 bits per heavy atom. The van der Waals surface area contributed by atoms with E-state index in [1.807, 2.05) is 19.1 Å². The number of rotatable bonds is 8. The van der Waals surface area contributed by atoms with Crippen LogP contribution in [0, 0.1) is 5.92 Å². The summed E-state index contributed by atoms with van der Waals surface area (Å²) in [4.78, 5) is 0.352. The quantitative estimate of drug-likeness (QED) is 0.794. The van der Waals surface area contributed by atoms with Gasteiger partial charge in [-0.15, -0.1) is 0 Å². The van der Waals surface area contributed by atoms with Gasteiger partial charge in [0.2, 0.25) is 10.0 Å². The van der Waals surface area contributed by atoms with E-state index in [0.29, 0.717) is 10.8 Å². The number of hydrogen-bond donors (Lipinski definition) is 1.